The molecule has 0 radical (unpaired) electrons. The standard InChI is InChI=1S/C24H29F3N6O3/c1-22(2,3)36-21(34)32-9-5-6-16(14-32)30-19-12-28-10-17(31-19)18-11-29-20-8-7-15(13-33(18)20)23(4,35)24(25,26)27/h7-8,10-13,16,35H,5-6,9,14H2,1-4H3,(H,30,31). The number of fused-ring (bicyclic) bond motifs is 1. The molecule has 1 aliphatic heterocycles. The molecule has 0 bridgehead atoms. The number of piperidine rings is 1. The van der Waals surface area contributed by atoms with Crippen molar-refractivity contribution in [3.8, 4) is 11.4 Å². The first kappa shape index (κ1) is 25.7. The van der Waals surface area contributed by atoms with Crippen LogP contribution in [-0.2, 0) is 10.3 Å². The lowest BCUT2D eigenvalue weighted by Gasteiger charge is -2.34. The number of rotatable bonds is 4. The molecule has 0 saturated carbocycles. The van der Waals surface area contributed by atoms with Crippen LogP contribution in [0.4, 0.5) is 23.8 Å². The number of aliphatic hydroxyl groups is 1. The second-order valence-corrected chi connectivity index (χ2v) is 10.1. The van der Waals surface area contributed by atoms with Crippen molar-refractivity contribution in [1.82, 2.24) is 24.3 Å². The van der Waals surface area contributed by atoms with Crippen LogP contribution in [0.1, 0.15) is 46.1 Å². The van der Waals surface area contributed by atoms with Crippen LogP contribution < -0.4 is 5.32 Å². The maximum Gasteiger partial charge on any atom is 0.421 e. The third-order valence-electron chi connectivity index (χ3n) is 5.94. The summed E-state index contributed by atoms with van der Waals surface area (Å²) in [6, 6.07) is 2.52. The summed E-state index contributed by atoms with van der Waals surface area (Å²) in [5.74, 6) is 0.455. The second kappa shape index (κ2) is 9.23. The third-order valence-corrected chi connectivity index (χ3v) is 5.94. The molecule has 0 aliphatic carbocycles. The lowest BCUT2D eigenvalue weighted by atomic mass is 9.97. The number of amides is 1. The second-order valence-electron chi connectivity index (χ2n) is 10.1. The van der Waals surface area contributed by atoms with E-state index in [9.17, 15) is 23.1 Å². The van der Waals surface area contributed by atoms with Gasteiger partial charge in [-0.05, 0) is 46.6 Å². The van der Waals surface area contributed by atoms with Crippen molar-refractivity contribution in [2.45, 2.75) is 64.0 Å². The average molecular weight is 507 g/mol. The Morgan fingerprint density at radius 1 is 1.17 bits per heavy atom. The van der Waals surface area contributed by atoms with Crippen LogP contribution in [0, 0.1) is 0 Å². The fourth-order valence-electron chi connectivity index (χ4n) is 3.98. The van der Waals surface area contributed by atoms with Gasteiger partial charge in [0.25, 0.3) is 0 Å². The van der Waals surface area contributed by atoms with Crippen LogP contribution in [0.3, 0.4) is 0 Å². The number of imidazole rings is 1. The number of likely N-dealkylation sites (tertiary alicyclic amines) is 1. The van der Waals surface area contributed by atoms with E-state index in [1.807, 2.05) is 20.8 Å². The lowest BCUT2D eigenvalue weighted by Crippen LogP contribution is -2.47. The number of hydrogen-bond acceptors (Lipinski definition) is 7. The van der Waals surface area contributed by atoms with Crippen LogP contribution in [0.2, 0.25) is 0 Å². The van der Waals surface area contributed by atoms with Gasteiger partial charge < -0.3 is 20.1 Å². The molecule has 1 aliphatic rings. The molecule has 9 nitrogen and oxygen atoms in total. The first-order valence-corrected chi connectivity index (χ1v) is 11.6. The van der Waals surface area contributed by atoms with Gasteiger partial charge in [-0.25, -0.2) is 14.8 Å². The molecule has 2 atom stereocenters. The highest BCUT2D eigenvalue weighted by atomic mass is 19.4. The molecule has 1 saturated heterocycles. The minimum absolute atomic E-state index is 0.0773. The predicted molar refractivity (Wildman–Crippen MR) is 126 cm³/mol. The monoisotopic (exact) mass is 506 g/mol. The van der Waals surface area contributed by atoms with Crippen molar-refractivity contribution in [3.05, 3.63) is 42.5 Å². The average Bonchev–Trinajstić information content (AvgIpc) is 3.21. The van der Waals surface area contributed by atoms with Crippen molar-refractivity contribution in [2.24, 2.45) is 0 Å². The smallest absolute Gasteiger partial charge is 0.421 e. The summed E-state index contributed by atoms with van der Waals surface area (Å²) in [4.78, 5) is 27.1. The summed E-state index contributed by atoms with van der Waals surface area (Å²) < 4.78 is 47.0. The number of hydrogen-bond donors (Lipinski definition) is 2. The molecule has 1 amide bonds. The highest BCUT2D eigenvalue weighted by Crippen LogP contribution is 2.38. The first-order valence-electron chi connectivity index (χ1n) is 11.6. The number of aromatic nitrogens is 4. The number of alkyl halides is 3. The van der Waals surface area contributed by atoms with E-state index in [4.69, 9.17) is 4.74 Å². The van der Waals surface area contributed by atoms with Crippen molar-refractivity contribution >= 4 is 17.6 Å². The Balaban J connectivity index is 1.55. The zero-order valence-electron chi connectivity index (χ0n) is 20.5. The summed E-state index contributed by atoms with van der Waals surface area (Å²) in [5, 5.41) is 13.4. The molecular formula is C24H29F3N6O3. The Labute approximate surface area is 206 Å². The Morgan fingerprint density at radius 2 is 1.92 bits per heavy atom. The number of anilines is 1. The van der Waals surface area contributed by atoms with Gasteiger partial charge in [0.2, 0.25) is 0 Å². The molecule has 4 rings (SSSR count). The van der Waals surface area contributed by atoms with Gasteiger partial charge in [0.05, 0.1) is 24.3 Å². The van der Waals surface area contributed by atoms with Crippen LogP contribution in [0.15, 0.2) is 36.9 Å². The number of ether oxygens (including phenoxy) is 1. The highest BCUT2D eigenvalue weighted by molar-refractivity contribution is 5.68. The number of nitrogens with one attached hydrogen (secondary N) is 1. The lowest BCUT2D eigenvalue weighted by molar-refractivity contribution is -0.259. The molecule has 194 valence electrons. The van der Waals surface area contributed by atoms with Crippen LogP contribution >= 0.6 is 0 Å². The minimum Gasteiger partial charge on any atom is -0.444 e. The van der Waals surface area contributed by atoms with Crippen molar-refractivity contribution in [3.63, 3.8) is 0 Å². The van der Waals surface area contributed by atoms with Gasteiger partial charge in [0, 0.05) is 30.9 Å². The molecule has 1 fully saturated rings. The molecule has 0 aromatic carbocycles. The molecule has 4 heterocycles. The zero-order chi connectivity index (χ0) is 26.3. The van der Waals surface area contributed by atoms with Crippen LogP contribution in [0.25, 0.3) is 17.0 Å². The normalized spacial score (nSPS) is 18.7. The van der Waals surface area contributed by atoms with Gasteiger partial charge in [0.1, 0.15) is 22.8 Å². The Morgan fingerprint density at radius 3 is 2.61 bits per heavy atom. The highest BCUT2D eigenvalue weighted by Gasteiger charge is 2.51. The fourth-order valence-corrected chi connectivity index (χ4v) is 3.98. The zero-order valence-corrected chi connectivity index (χ0v) is 20.5. The fraction of sp³-hybridized carbons (Fsp3) is 0.500. The SMILES string of the molecule is CC(C)(C)OC(=O)N1CCCC(Nc2cncc(-c3cnc4ccc(C(C)(O)C(F)(F)F)cn34)n2)C1. The minimum atomic E-state index is -4.85. The van der Waals surface area contributed by atoms with E-state index in [1.165, 1.54) is 35.1 Å². The van der Waals surface area contributed by atoms with Gasteiger partial charge in [-0.15, -0.1) is 0 Å². The molecule has 3 aromatic rings. The van der Waals surface area contributed by atoms with Gasteiger partial charge >= 0.3 is 12.3 Å². The summed E-state index contributed by atoms with van der Waals surface area (Å²) in [6.45, 7) is 7.20. The van der Waals surface area contributed by atoms with Gasteiger partial charge in [-0.3, -0.25) is 9.38 Å². The van der Waals surface area contributed by atoms with Crippen LogP contribution in [0.5, 0.6) is 0 Å². The maximum absolute atomic E-state index is 13.4. The van der Waals surface area contributed by atoms with E-state index in [2.05, 4.69) is 20.3 Å². The molecule has 3 aromatic heterocycles. The summed E-state index contributed by atoms with van der Waals surface area (Å²) in [7, 11) is 0. The van der Waals surface area contributed by atoms with E-state index >= 15 is 0 Å². The summed E-state index contributed by atoms with van der Waals surface area (Å²) in [5.41, 5.74) is -2.74. The molecule has 12 heteroatoms. The number of nitrogens with zero attached hydrogens (tertiary/aromatic N) is 5. The third kappa shape index (κ3) is 5.38. The first-order chi connectivity index (χ1) is 16.7. The summed E-state index contributed by atoms with van der Waals surface area (Å²) in [6.07, 6.45) is 2.10. The number of carbonyl (C=O) groups is 1. The van der Waals surface area contributed by atoms with E-state index < -0.39 is 17.4 Å². The maximum atomic E-state index is 13.4. The van der Waals surface area contributed by atoms with E-state index in [-0.39, 0.29) is 17.7 Å². The molecule has 0 spiro atoms. The Bertz CT molecular complexity index is 1250. The number of carbonyl (C=O) groups excluding carboxylic acids is 1. The predicted octanol–water partition coefficient (Wildman–Crippen LogP) is 4.37. The molecule has 2 N–H and O–H groups in total. The van der Waals surface area contributed by atoms with E-state index in [0.29, 0.717) is 42.9 Å². The topological polar surface area (TPSA) is 105 Å². The van der Waals surface area contributed by atoms with Gasteiger partial charge in [-0.1, -0.05) is 6.07 Å². The van der Waals surface area contributed by atoms with Gasteiger partial charge in [0.15, 0.2) is 5.60 Å². The van der Waals surface area contributed by atoms with Gasteiger partial charge in [-0.2, -0.15) is 13.2 Å². The quantitative estimate of drug-likeness (QED) is 0.541. The largest absolute Gasteiger partial charge is 0.444 e. The van der Waals surface area contributed by atoms with Crippen molar-refractivity contribution in [1.29, 1.82) is 0 Å². The van der Waals surface area contributed by atoms with E-state index in [1.54, 1.807) is 11.1 Å². The summed E-state index contributed by atoms with van der Waals surface area (Å²) >= 11 is 0. The molecule has 2 unspecified atom stereocenters. The Hall–Kier alpha value is -3.41. The molecule has 36 heavy (non-hydrogen) atoms. The van der Waals surface area contributed by atoms with Crippen molar-refractivity contribution in [2.75, 3.05) is 18.4 Å². The van der Waals surface area contributed by atoms with E-state index in [0.717, 1.165) is 12.8 Å². The molecular weight excluding hydrogens is 477 g/mol. The number of halogens is 3. The van der Waals surface area contributed by atoms with Crippen LogP contribution in [-0.4, -0.2) is 66.4 Å². The Kier molecular flexibility index (Phi) is 6.58. The van der Waals surface area contributed by atoms with Crippen molar-refractivity contribution < 1.29 is 27.8 Å². The number of pyridine rings is 1.